The van der Waals surface area contributed by atoms with Crippen LogP contribution < -0.4 is 0 Å². The van der Waals surface area contributed by atoms with Crippen molar-refractivity contribution in [1.82, 2.24) is 30.1 Å². The number of amides is 1. The average molecular weight is 339 g/mol. The highest BCUT2D eigenvalue weighted by molar-refractivity contribution is 9.10. The fourth-order valence-electron chi connectivity index (χ4n) is 2.03. The molecule has 0 aromatic carbocycles. The number of nitrogens with zero attached hydrogens (tertiary/aromatic N) is 5. The Morgan fingerprint density at radius 1 is 1.55 bits per heavy atom. The topological polar surface area (TPSA) is 79.7 Å². The van der Waals surface area contributed by atoms with Crippen molar-refractivity contribution in [1.29, 1.82) is 0 Å². The van der Waals surface area contributed by atoms with Gasteiger partial charge in [-0.15, -0.1) is 0 Å². The number of aromatic nitrogens is 5. The molecule has 1 saturated carbocycles. The molecule has 20 heavy (non-hydrogen) atoms. The third-order valence-electron chi connectivity index (χ3n) is 3.35. The van der Waals surface area contributed by atoms with Gasteiger partial charge in [0, 0.05) is 25.7 Å². The van der Waals surface area contributed by atoms with Gasteiger partial charge in [-0.05, 0) is 28.8 Å². The maximum absolute atomic E-state index is 12.3. The summed E-state index contributed by atoms with van der Waals surface area (Å²) in [5.74, 6) is 0.315. The minimum Gasteiger partial charge on any atom is -0.338 e. The molecule has 0 unspecified atom stereocenters. The first-order valence-corrected chi connectivity index (χ1v) is 7.28. The van der Waals surface area contributed by atoms with Crippen molar-refractivity contribution in [2.75, 3.05) is 13.6 Å². The highest BCUT2D eigenvalue weighted by atomic mass is 79.9. The van der Waals surface area contributed by atoms with E-state index in [-0.39, 0.29) is 5.91 Å². The minimum atomic E-state index is -0.0909. The zero-order chi connectivity index (χ0) is 14.1. The molecule has 0 aliphatic heterocycles. The van der Waals surface area contributed by atoms with Crippen LogP contribution in [0.25, 0.3) is 0 Å². The molecule has 106 valence electrons. The van der Waals surface area contributed by atoms with E-state index in [1.54, 1.807) is 22.8 Å². The van der Waals surface area contributed by atoms with Gasteiger partial charge in [0.15, 0.2) is 5.69 Å². The highest BCUT2D eigenvalue weighted by Crippen LogP contribution is 2.40. The summed E-state index contributed by atoms with van der Waals surface area (Å²) in [5, 5.41) is 14.8. The van der Waals surface area contributed by atoms with E-state index in [0.717, 1.165) is 23.0 Å². The van der Waals surface area contributed by atoms with Crippen LogP contribution in [0.3, 0.4) is 0 Å². The molecule has 0 atom stereocenters. The summed E-state index contributed by atoms with van der Waals surface area (Å²) in [6.45, 7) is 1.22. The molecular weight excluding hydrogens is 324 g/mol. The van der Waals surface area contributed by atoms with E-state index in [1.165, 1.54) is 0 Å². The molecule has 1 aliphatic carbocycles. The number of halogens is 1. The summed E-state index contributed by atoms with van der Waals surface area (Å²) < 4.78 is 2.72. The predicted molar refractivity (Wildman–Crippen MR) is 75.2 cm³/mol. The maximum atomic E-state index is 12.3. The molecule has 1 fully saturated rings. The lowest BCUT2D eigenvalue weighted by Gasteiger charge is -2.16. The molecule has 0 radical (unpaired) electrons. The number of nitrogens with one attached hydrogen (secondary N) is 1. The van der Waals surface area contributed by atoms with Crippen LogP contribution in [0.2, 0.25) is 0 Å². The molecule has 8 heteroatoms. The molecule has 2 aromatic heterocycles. The zero-order valence-electron chi connectivity index (χ0n) is 11.1. The van der Waals surface area contributed by atoms with Crippen molar-refractivity contribution >= 4 is 21.8 Å². The summed E-state index contributed by atoms with van der Waals surface area (Å²) in [5.41, 5.74) is 1.26. The lowest BCUT2D eigenvalue weighted by atomic mass is 10.2. The number of hydrogen-bond donors (Lipinski definition) is 1. The first-order chi connectivity index (χ1) is 9.65. The fourth-order valence-corrected chi connectivity index (χ4v) is 2.36. The van der Waals surface area contributed by atoms with Crippen LogP contribution in [0.15, 0.2) is 16.9 Å². The van der Waals surface area contributed by atoms with Crippen LogP contribution in [0.4, 0.5) is 0 Å². The second-order valence-corrected chi connectivity index (χ2v) is 5.90. The molecule has 7 nitrogen and oxygen atoms in total. The Labute approximate surface area is 124 Å². The molecule has 1 amide bonds. The van der Waals surface area contributed by atoms with Gasteiger partial charge in [0.2, 0.25) is 0 Å². The van der Waals surface area contributed by atoms with Crippen LogP contribution >= 0.6 is 15.9 Å². The van der Waals surface area contributed by atoms with Gasteiger partial charge in [0.25, 0.3) is 5.91 Å². The Balaban J connectivity index is 1.62. The molecule has 1 aliphatic rings. The van der Waals surface area contributed by atoms with Gasteiger partial charge in [-0.1, -0.05) is 0 Å². The van der Waals surface area contributed by atoms with Crippen LogP contribution in [0.5, 0.6) is 0 Å². The number of H-pyrrole nitrogens is 1. The van der Waals surface area contributed by atoms with Crippen molar-refractivity contribution in [3.8, 4) is 0 Å². The molecule has 0 bridgehead atoms. The van der Waals surface area contributed by atoms with Crippen LogP contribution in [-0.2, 0) is 6.54 Å². The first-order valence-electron chi connectivity index (χ1n) is 6.49. The van der Waals surface area contributed by atoms with E-state index in [0.29, 0.717) is 24.7 Å². The van der Waals surface area contributed by atoms with Gasteiger partial charge in [-0.3, -0.25) is 9.48 Å². The van der Waals surface area contributed by atoms with Crippen LogP contribution in [0, 0.1) is 0 Å². The Morgan fingerprint density at radius 3 is 3.00 bits per heavy atom. The predicted octanol–water partition coefficient (Wildman–Crippen LogP) is 1.41. The van der Waals surface area contributed by atoms with Gasteiger partial charge in [0.05, 0.1) is 22.9 Å². The third-order valence-corrected chi connectivity index (χ3v) is 3.76. The molecular formula is C12H15BrN6O. The number of carbonyl (C=O) groups excluding carboxylic acids is 1. The molecule has 2 aromatic rings. The van der Waals surface area contributed by atoms with E-state index >= 15 is 0 Å². The van der Waals surface area contributed by atoms with Gasteiger partial charge in [-0.25, -0.2) is 0 Å². The molecule has 1 N–H and O–H groups in total. The van der Waals surface area contributed by atoms with Gasteiger partial charge >= 0.3 is 0 Å². The van der Waals surface area contributed by atoms with Crippen molar-refractivity contribution < 1.29 is 4.79 Å². The normalized spacial score (nSPS) is 14.5. The fraction of sp³-hybridized carbons (Fsp3) is 0.500. The van der Waals surface area contributed by atoms with E-state index in [9.17, 15) is 4.79 Å². The van der Waals surface area contributed by atoms with Crippen molar-refractivity contribution in [3.05, 3.63) is 28.3 Å². The van der Waals surface area contributed by atoms with E-state index in [4.69, 9.17) is 0 Å². The average Bonchev–Trinajstić information content (AvgIpc) is 3.01. The highest BCUT2D eigenvalue weighted by Gasteiger charge is 2.32. The summed E-state index contributed by atoms with van der Waals surface area (Å²) in [6, 6.07) is 0. The number of aromatic amines is 1. The SMILES string of the molecule is CN(CCn1cc(Br)cn1)C(=O)c1n[nH]nc1C1CC1. The van der Waals surface area contributed by atoms with E-state index in [1.807, 2.05) is 6.20 Å². The molecule has 3 rings (SSSR count). The van der Waals surface area contributed by atoms with Crippen molar-refractivity contribution in [2.45, 2.75) is 25.3 Å². The monoisotopic (exact) mass is 338 g/mol. The van der Waals surface area contributed by atoms with E-state index < -0.39 is 0 Å². The second kappa shape index (κ2) is 5.35. The summed E-state index contributed by atoms with van der Waals surface area (Å²) in [7, 11) is 1.77. The molecule has 2 heterocycles. The largest absolute Gasteiger partial charge is 0.338 e. The van der Waals surface area contributed by atoms with Crippen LogP contribution in [0.1, 0.15) is 34.9 Å². The van der Waals surface area contributed by atoms with Crippen molar-refractivity contribution in [2.24, 2.45) is 0 Å². The van der Waals surface area contributed by atoms with Crippen molar-refractivity contribution in [3.63, 3.8) is 0 Å². The molecule has 0 saturated heterocycles. The summed E-state index contributed by atoms with van der Waals surface area (Å²) in [6.07, 6.45) is 5.80. The number of hydrogen-bond acceptors (Lipinski definition) is 4. The van der Waals surface area contributed by atoms with Gasteiger partial charge in [0.1, 0.15) is 0 Å². The van der Waals surface area contributed by atoms with Crippen LogP contribution in [-0.4, -0.2) is 49.6 Å². The van der Waals surface area contributed by atoms with Gasteiger partial charge < -0.3 is 4.90 Å². The summed E-state index contributed by atoms with van der Waals surface area (Å²) in [4.78, 5) is 14.0. The number of likely N-dealkylation sites (N-methyl/N-ethyl adjacent to an activating group) is 1. The standard InChI is InChI=1S/C12H15BrN6O/c1-18(4-5-19-7-9(13)6-14-19)12(20)11-10(8-2-3-8)15-17-16-11/h6-8H,2-5H2,1H3,(H,15,16,17). The zero-order valence-corrected chi connectivity index (χ0v) is 12.7. The van der Waals surface area contributed by atoms with Gasteiger partial charge in [-0.2, -0.15) is 20.5 Å². The first kappa shape index (κ1) is 13.3. The second-order valence-electron chi connectivity index (χ2n) is 4.98. The lowest BCUT2D eigenvalue weighted by Crippen LogP contribution is -2.31. The Bertz CT molecular complexity index is 617. The minimum absolute atomic E-state index is 0.0909. The molecule has 0 spiro atoms. The smallest absolute Gasteiger partial charge is 0.276 e. The Morgan fingerprint density at radius 2 is 2.35 bits per heavy atom. The maximum Gasteiger partial charge on any atom is 0.276 e. The number of rotatable bonds is 5. The van der Waals surface area contributed by atoms with E-state index in [2.05, 4.69) is 36.4 Å². The lowest BCUT2D eigenvalue weighted by molar-refractivity contribution is 0.0782. The Hall–Kier alpha value is -1.70. The quantitative estimate of drug-likeness (QED) is 0.893. The third kappa shape index (κ3) is 2.74. The summed E-state index contributed by atoms with van der Waals surface area (Å²) >= 11 is 3.35. The Kier molecular flexibility index (Phi) is 3.56. The number of carbonyl (C=O) groups is 1.